The summed E-state index contributed by atoms with van der Waals surface area (Å²) in [6, 6.07) is 15.8. The van der Waals surface area contributed by atoms with Gasteiger partial charge in [0.2, 0.25) is 11.8 Å². The van der Waals surface area contributed by atoms with Gasteiger partial charge in [-0.25, -0.2) is 4.98 Å². The van der Waals surface area contributed by atoms with E-state index in [1.54, 1.807) is 7.11 Å². The molecule has 0 aliphatic carbocycles. The molecule has 5 nitrogen and oxygen atoms in total. The Balaban J connectivity index is 1.77. The summed E-state index contributed by atoms with van der Waals surface area (Å²) in [6.45, 7) is 6.83. The highest BCUT2D eigenvalue weighted by atomic mass is 35.5. The van der Waals surface area contributed by atoms with Gasteiger partial charge in [-0.05, 0) is 54.8 Å². The van der Waals surface area contributed by atoms with Gasteiger partial charge >= 0.3 is 0 Å². The molecule has 30 heavy (non-hydrogen) atoms. The van der Waals surface area contributed by atoms with Crippen LogP contribution in [0, 0.1) is 6.92 Å². The number of nitrogens with zero attached hydrogens (tertiary/aromatic N) is 2. The topological polar surface area (TPSA) is 54.5 Å². The average molecular weight is 422 g/mol. The number of rotatable bonds is 5. The number of amides is 1. The summed E-state index contributed by atoms with van der Waals surface area (Å²) in [6.07, 6.45) is 2.13. The van der Waals surface area contributed by atoms with Crippen molar-refractivity contribution in [2.75, 3.05) is 25.5 Å². The van der Waals surface area contributed by atoms with E-state index in [2.05, 4.69) is 22.9 Å². The van der Waals surface area contributed by atoms with Gasteiger partial charge in [-0.1, -0.05) is 36.4 Å². The van der Waals surface area contributed by atoms with Crippen molar-refractivity contribution in [3.8, 4) is 5.88 Å². The minimum absolute atomic E-state index is 0.0664. The third kappa shape index (κ3) is 3.61. The van der Waals surface area contributed by atoms with E-state index in [0.717, 1.165) is 34.1 Å². The first-order valence-corrected chi connectivity index (χ1v) is 10.2. The van der Waals surface area contributed by atoms with Crippen LogP contribution in [0.4, 0.5) is 5.69 Å². The van der Waals surface area contributed by atoms with Gasteiger partial charge in [-0.2, -0.15) is 0 Å². The van der Waals surface area contributed by atoms with Crippen LogP contribution in [0.1, 0.15) is 17.5 Å². The number of likely N-dealkylation sites (tertiary alicyclic amines) is 1. The van der Waals surface area contributed by atoms with Gasteiger partial charge in [0, 0.05) is 35.3 Å². The van der Waals surface area contributed by atoms with Gasteiger partial charge in [-0.3, -0.25) is 4.79 Å². The fourth-order valence-corrected chi connectivity index (χ4v) is 4.38. The van der Waals surface area contributed by atoms with E-state index in [4.69, 9.17) is 16.3 Å². The molecule has 0 spiro atoms. The normalized spacial score (nSPS) is 18.4. The summed E-state index contributed by atoms with van der Waals surface area (Å²) in [5, 5.41) is 5.46. The van der Waals surface area contributed by atoms with Gasteiger partial charge in [-0.15, -0.1) is 0 Å². The highest BCUT2D eigenvalue weighted by Crippen LogP contribution is 2.39. The van der Waals surface area contributed by atoms with Crippen LogP contribution in [0.25, 0.3) is 10.9 Å². The van der Waals surface area contributed by atoms with Crippen LogP contribution in [0.3, 0.4) is 0 Å². The van der Waals surface area contributed by atoms with Crippen molar-refractivity contribution in [2.24, 2.45) is 0 Å². The van der Waals surface area contributed by atoms with Crippen LogP contribution < -0.4 is 10.1 Å². The smallest absolute Gasteiger partial charge is 0.246 e. The molecule has 4 rings (SSSR count). The lowest BCUT2D eigenvalue weighted by atomic mass is 9.85. The predicted molar refractivity (Wildman–Crippen MR) is 121 cm³/mol. The van der Waals surface area contributed by atoms with Crippen LogP contribution in [0.5, 0.6) is 5.88 Å². The number of pyridine rings is 1. The van der Waals surface area contributed by atoms with Crippen LogP contribution in [0.2, 0.25) is 5.02 Å². The summed E-state index contributed by atoms with van der Waals surface area (Å²) in [4.78, 5) is 18.7. The summed E-state index contributed by atoms with van der Waals surface area (Å²) in [7, 11) is 1.61. The molecule has 0 bridgehead atoms. The fraction of sp³-hybridized carbons (Fsp3) is 0.250. The molecule has 1 aliphatic heterocycles. The maximum atomic E-state index is 12.3. The molecule has 1 amide bonds. The Bertz CT molecular complexity index is 1130. The Hall–Kier alpha value is -3.05. The average Bonchev–Trinajstić information content (AvgIpc) is 3.19. The molecule has 1 unspecified atom stereocenters. The zero-order chi connectivity index (χ0) is 21.3. The first-order valence-electron chi connectivity index (χ1n) is 9.86. The number of fused-ring (bicyclic) bond motifs is 1. The number of methoxy groups -OCH3 is 1. The number of anilines is 1. The second kappa shape index (κ2) is 8.00. The minimum atomic E-state index is -0.458. The predicted octanol–water partition coefficient (Wildman–Crippen LogP) is 4.93. The number of benzene rings is 2. The van der Waals surface area contributed by atoms with Crippen LogP contribution in [-0.4, -0.2) is 36.0 Å². The molecule has 1 aliphatic rings. The summed E-state index contributed by atoms with van der Waals surface area (Å²) < 4.78 is 5.27. The van der Waals surface area contributed by atoms with Crippen molar-refractivity contribution < 1.29 is 9.53 Å². The van der Waals surface area contributed by atoms with Crippen LogP contribution in [0.15, 0.2) is 61.2 Å². The SMILES string of the molecule is C=CC(=O)N1CCC(Nc2ccc3ccc(OC)nc3c2)(c2cccc(Cl)c2C)C1. The highest BCUT2D eigenvalue weighted by molar-refractivity contribution is 6.31. The second-order valence-electron chi connectivity index (χ2n) is 7.59. The Morgan fingerprint density at radius 1 is 1.30 bits per heavy atom. The number of carbonyl (C=O) groups is 1. The van der Waals surface area contributed by atoms with Gasteiger partial charge < -0.3 is 15.0 Å². The van der Waals surface area contributed by atoms with Gasteiger partial charge in [0.05, 0.1) is 18.2 Å². The molecule has 1 aromatic heterocycles. The van der Waals surface area contributed by atoms with Gasteiger partial charge in [0.25, 0.3) is 0 Å². The molecule has 1 saturated heterocycles. The lowest BCUT2D eigenvalue weighted by Gasteiger charge is -2.34. The maximum absolute atomic E-state index is 12.3. The van der Waals surface area contributed by atoms with Gasteiger partial charge in [0.1, 0.15) is 0 Å². The van der Waals surface area contributed by atoms with E-state index in [1.165, 1.54) is 6.08 Å². The molecule has 3 aromatic rings. The number of hydrogen-bond donors (Lipinski definition) is 1. The highest BCUT2D eigenvalue weighted by Gasteiger charge is 2.42. The first kappa shape index (κ1) is 20.2. The van der Waals surface area contributed by atoms with E-state index in [9.17, 15) is 4.79 Å². The number of hydrogen-bond acceptors (Lipinski definition) is 4. The van der Waals surface area contributed by atoms with Crippen molar-refractivity contribution in [1.29, 1.82) is 0 Å². The zero-order valence-corrected chi connectivity index (χ0v) is 17.9. The van der Waals surface area contributed by atoms with E-state index >= 15 is 0 Å². The first-order chi connectivity index (χ1) is 14.5. The third-order valence-corrected chi connectivity index (χ3v) is 6.21. The quantitative estimate of drug-likeness (QED) is 0.593. The zero-order valence-electron chi connectivity index (χ0n) is 17.1. The summed E-state index contributed by atoms with van der Waals surface area (Å²) >= 11 is 6.45. The molecule has 0 saturated carbocycles. The van der Waals surface area contributed by atoms with Crippen molar-refractivity contribution in [3.63, 3.8) is 0 Å². The van der Waals surface area contributed by atoms with E-state index in [0.29, 0.717) is 24.0 Å². The fourth-order valence-electron chi connectivity index (χ4n) is 4.21. The maximum Gasteiger partial charge on any atom is 0.246 e. The Morgan fingerprint density at radius 2 is 2.10 bits per heavy atom. The molecular weight excluding hydrogens is 398 g/mol. The lowest BCUT2D eigenvalue weighted by molar-refractivity contribution is -0.125. The molecular formula is C24H24ClN3O2. The molecule has 2 heterocycles. The van der Waals surface area contributed by atoms with Crippen LogP contribution >= 0.6 is 11.6 Å². The Kier molecular flexibility index (Phi) is 5.39. The number of aromatic nitrogens is 1. The van der Waals surface area contributed by atoms with Crippen molar-refractivity contribution in [1.82, 2.24) is 9.88 Å². The largest absolute Gasteiger partial charge is 0.481 e. The number of halogens is 1. The third-order valence-electron chi connectivity index (χ3n) is 5.80. The monoisotopic (exact) mass is 421 g/mol. The molecule has 6 heteroatoms. The number of carbonyl (C=O) groups excluding carboxylic acids is 1. The molecule has 154 valence electrons. The summed E-state index contributed by atoms with van der Waals surface area (Å²) in [5.74, 6) is 0.506. The molecule has 1 atom stereocenters. The van der Waals surface area contributed by atoms with Crippen LogP contribution in [-0.2, 0) is 10.3 Å². The Morgan fingerprint density at radius 3 is 2.87 bits per heavy atom. The van der Waals surface area contributed by atoms with E-state index in [1.807, 2.05) is 54.3 Å². The Labute approximate surface area is 181 Å². The van der Waals surface area contributed by atoms with E-state index in [-0.39, 0.29) is 5.91 Å². The molecule has 0 radical (unpaired) electrons. The minimum Gasteiger partial charge on any atom is -0.481 e. The van der Waals surface area contributed by atoms with E-state index < -0.39 is 5.54 Å². The lowest BCUT2D eigenvalue weighted by Crippen LogP contribution is -2.40. The van der Waals surface area contributed by atoms with Crippen molar-refractivity contribution in [3.05, 3.63) is 77.3 Å². The van der Waals surface area contributed by atoms with Crippen molar-refractivity contribution >= 4 is 34.1 Å². The van der Waals surface area contributed by atoms with Gasteiger partial charge in [0.15, 0.2) is 0 Å². The van der Waals surface area contributed by atoms with Crippen molar-refractivity contribution in [2.45, 2.75) is 18.9 Å². The molecule has 2 aromatic carbocycles. The second-order valence-corrected chi connectivity index (χ2v) is 8.00. The number of nitrogens with one attached hydrogen (secondary N) is 1. The summed E-state index contributed by atoms with van der Waals surface area (Å²) in [5.41, 5.74) is 3.42. The molecule has 1 fully saturated rings. The standard InChI is InChI=1S/C24H24ClN3O2/c1-4-23(29)28-13-12-24(15-28,19-6-5-7-20(25)16(19)2)27-18-10-8-17-9-11-22(30-3)26-21(17)14-18/h4-11,14,27H,1,12-13,15H2,2-3H3. The molecule has 1 N–H and O–H groups in total. The number of ether oxygens (including phenoxy) is 1.